The Balaban J connectivity index is 4.00. The molecule has 0 saturated carbocycles. The third-order valence-corrected chi connectivity index (χ3v) is 2.77. The van der Waals surface area contributed by atoms with Crippen LogP contribution in [-0.4, -0.2) is 16.7 Å². The van der Waals surface area contributed by atoms with Crippen molar-refractivity contribution in [3.63, 3.8) is 0 Å². The van der Waals surface area contributed by atoms with E-state index in [2.05, 4.69) is 13.8 Å². The molecule has 13 heavy (non-hydrogen) atoms. The van der Waals surface area contributed by atoms with Gasteiger partial charge < -0.3 is 10.8 Å². The number of unbranched alkanes of at least 4 members (excludes halogenated alkanes) is 2. The van der Waals surface area contributed by atoms with Crippen molar-refractivity contribution in [3.8, 4) is 0 Å². The molecular formula is C11H25NO. The molecule has 0 aliphatic carbocycles. The third-order valence-electron chi connectivity index (χ3n) is 2.77. The molecule has 0 amide bonds. The molecule has 0 aliphatic rings. The van der Waals surface area contributed by atoms with Gasteiger partial charge in [-0.1, -0.05) is 39.5 Å². The zero-order chi connectivity index (χ0) is 10.3. The zero-order valence-corrected chi connectivity index (χ0v) is 9.34. The molecule has 0 aromatic rings. The summed E-state index contributed by atoms with van der Waals surface area (Å²) < 4.78 is 0. The Labute approximate surface area is 82.5 Å². The summed E-state index contributed by atoms with van der Waals surface area (Å²) in [5.41, 5.74) is 5.18. The van der Waals surface area contributed by atoms with Crippen LogP contribution < -0.4 is 5.73 Å². The summed E-state index contributed by atoms with van der Waals surface area (Å²) in [6.45, 7) is 6.19. The number of hydrogen-bond acceptors (Lipinski definition) is 2. The first kappa shape index (κ1) is 12.9. The smallest absolute Gasteiger partial charge is 0.0795 e. The summed E-state index contributed by atoms with van der Waals surface area (Å²) in [7, 11) is 0. The molecule has 1 unspecified atom stereocenters. The van der Waals surface area contributed by atoms with E-state index in [1.54, 1.807) is 0 Å². The molecule has 0 aromatic carbocycles. The minimum atomic E-state index is -0.619. The highest BCUT2D eigenvalue weighted by Crippen LogP contribution is 2.24. The van der Waals surface area contributed by atoms with Gasteiger partial charge in [0.25, 0.3) is 0 Å². The fourth-order valence-electron chi connectivity index (χ4n) is 1.55. The van der Waals surface area contributed by atoms with Gasteiger partial charge in [0, 0.05) is 6.04 Å². The predicted molar refractivity (Wildman–Crippen MR) is 57.6 cm³/mol. The predicted octanol–water partition coefficient (Wildman–Crippen LogP) is 2.45. The van der Waals surface area contributed by atoms with E-state index in [-0.39, 0.29) is 6.04 Å². The Hall–Kier alpha value is -0.0800. The first-order chi connectivity index (χ1) is 6.06. The van der Waals surface area contributed by atoms with E-state index in [0.717, 1.165) is 38.5 Å². The van der Waals surface area contributed by atoms with Crippen LogP contribution in [0.2, 0.25) is 0 Å². The van der Waals surface area contributed by atoms with Crippen molar-refractivity contribution in [2.45, 2.75) is 70.9 Å². The van der Waals surface area contributed by atoms with Crippen LogP contribution in [-0.2, 0) is 0 Å². The maximum absolute atomic E-state index is 10.2. The molecule has 0 aliphatic heterocycles. The second kappa shape index (κ2) is 6.39. The molecule has 0 spiro atoms. The highest BCUT2D eigenvalue weighted by atomic mass is 16.3. The fourth-order valence-corrected chi connectivity index (χ4v) is 1.55. The average Bonchev–Trinajstić information content (AvgIpc) is 2.11. The second-order valence-corrected chi connectivity index (χ2v) is 4.10. The van der Waals surface area contributed by atoms with Crippen molar-refractivity contribution in [3.05, 3.63) is 0 Å². The molecule has 0 saturated heterocycles. The molecule has 1 atom stereocenters. The number of nitrogens with two attached hydrogens (primary N) is 1. The summed E-state index contributed by atoms with van der Waals surface area (Å²) in [4.78, 5) is 0. The summed E-state index contributed by atoms with van der Waals surface area (Å²) in [5.74, 6) is 0. The lowest BCUT2D eigenvalue weighted by molar-refractivity contribution is -0.000952. The van der Waals surface area contributed by atoms with E-state index >= 15 is 0 Å². The molecule has 0 rings (SSSR count). The van der Waals surface area contributed by atoms with Crippen LogP contribution in [0.5, 0.6) is 0 Å². The lowest BCUT2D eigenvalue weighted by atomic mass is 9.85. The van der Waals surface area contributed by atoms with Gasteiger partial charge in [0.1, 0.15) is 0 Å². The van der Waals surface area contributed by atoms with Crippen molar-refractivity contribution >= 4 is 0 Å². The molecule has 2 heteroatoms. The standard InChI is InChI=1S/C11H25NO/c1-4-6-8-11(13,10(3)12)9-7-5-2/h10,13H,4-9,12H2,1-3H3. The number of rotatable bonds is 7. The van der Waals surface area contributed by atoms with Crippen molar-refractivity contribution in [1.29, 1.82) is 0 Å². The van der Waals surface area contributed by atoms with Crippen LogP contribution in [0, 0.1) is 0 Å². The van der Waals surface area contributed by atoms with E-state index in [0.29, 0.717) is 0 Å². The lowest BCUT2D eigenvalue weighted by Gasteiger charge is -2.32. The molecule has 0 fully saturated rings. The first-order valence-electron chi connectivity index (χ1n) is 5.54. The summed E-state index contributed by atoms with van der Waals surface area (Å²) in [5, 5.41) is 10.2. The van der Waals surface area contributed by atoms with Crippen molar-refractivity contribution in [2.24, 2.45) is 5.73 Å². The summed E-state index contributed by atoms with van der Waals surface area (Å²) in [6.07, 6.45) is 6.09. The van der Waals surface area contributed by atoms with Gasteiger partial charge >= 0.3 is 0 Å². The Morgan fingerprint density at radius 3 is 1.77 bits per heavy atom. The van der Waals surface area contributed by atoms with Gasteiger partial charge in [0.05, 0.1) is 5.60 Å². The maximum atomic E-state index is 10.2. The Kier molecular flexibility index (Phi) is 6.35. The molecule has 0 radical (unpaired) electrons. The van der Waals surface area contributed by atoms with Crippen LogP contribution in [0.25, 0.3) is 0 Å². The van der Waals surface area contributed by atoms with Gasteiger partial charge in [0.2, 0.25) is 0 Å². The van der Waals surface area contributed by atoms with Crippen molar-refractivity contribution in [1.82, 2.24) is 0 Å². The third kappa shape index (κ3) is 4.63. The number of aliphatic hydroxyl groups is 1. The van der Waals surface area contributed by atoms with Gasteiger partial charge in [0.15, 0.2) is 0 Å². The quantitative estimate of drug-likeness (QED) is 0.643. The van der Waals surface area contributed by atoms with E-state index in [1.165, 1.54) is 0 Å². The van der Waals surface area contributed by atoms with Gasteiger partial charge in [-0.15, -0.1) is 0 Å². The normalized spacial score (nSPS) is 14.5. The largest absolute Gasteiger partial charge is 0.388 e. The fraction of sp³-hybridized carbons (Fsp3) is 1.00. The monoisotopic (exact) mass is 187 g/mol. The van der Waals surface area contributed by atoms with Gasteiger partial charge in [-0.05, 0) is 19.8 Å². The van der Waals surface area contributed by atoms with Crippen LogP contribution in [0.1, 0.15) is 59.3 Å². The SMILES string of the molecule is CCCCC(O)(CCCC)C(C)N. The van der Waals surface area contributed by atoms with Crippen molar-refractivity contribution in [2.75, 3.05) is 0 Å². The van der Waals surface area contributed by atoms with E-state index < -0.39 is 5.60 Å². The molecule has 0 heterocycles. The summed E-state index contributed by atoms with van der Waals surface area (Å²) >= 11 is 0. The molecule has 3 N–H and O–H groups in total. The highest BCUT2D eigenvalue weighted by molar-refractivity contribution is 4.86. The first-order valence-corrected chi connectivity index (χ1v) is 5.54. The minimum Gasteiger partial charge on any atom is -0.388 e. The van der Waals surface area contributed by atoms with E-state index in [1.807, 2.05) is 6.92 Å². The molecule has 80 valence electrons. The van der Waals surface area contributed by atoms with Crippen molar-refractivity contribution < 1.29 is 5.11 Å². The van der Waals surface area contributed by atoms with Crippen LogP contribution in [0.3, 0.4) is 0 Å². The molecule has 0 bridgehead atoms. The van der Waals surface area contributed by atoms with Gasteiger partial charge in [-0.25, -0.2) is 0 Å². The molecule has 2 nitrogen and oxygen atoms in total. The summed E-state index contributed by atoms with van der Waals surface area (Å²) in [6, 6.07) is -0.106. The van der Waals surface area contributed by atoms with Crippen LogP contribution in [0.15, 0.2) is 0 Å². The van der Waals surface area contributed by atoms with E-state index in [4.69, 9.17) is 5.73 Å². The lowest BCUT2D eigenvalue weighted by Crippen LogP contribution is -2.46. The topological polar surface area (TPSA) is 46.2 Å². The number of hydrogen-bond donors (Lipinski definition) is 2. The van der Waals surface area contributed by atoms with E-state index in [9.17, 15) is 5.11 Å². The average molecular weight is 187 g/mol. The van der Waals surface area contributed by atoms with Crippen LogP contribution >= 0.6 is 0 Å². The van der Waals surface area contributed by atoms with Gasteiger partial charge in [-0.2, -0.15) is 0 Å². The zero-order valence-electron chi connectivity index (χ0n) is 9.34. The highest BCUT2D eigenvalue weighted by Gasteiger charge is 2.29. The maximum Gasteiger partial charge on any atom is 0.0795 e. The minimum absolute atomic E-state index is 0.106. The molecule has 0 aromatic heterocycles. The van der Waals surface area contributed by atoms with Crippen LogP contribution in [0.4, 0.5) is 0 Å². The second-order valence-electron chi connectivity index (χ2n) is 4.10. The molecular weight excluding hydrogens is 162 g/mol. The Bertz CT molecular complexity index is 115. The Morgan fingerprint density at radius 1 is 1.15 bits per heavy atom. The van der Waals surface area contributed by atoms with Gasteiger partial charge in [-0.3, -0.25) is 0 Å². The Morgan fingerprint density at radius 2 is 1.54 bits per heavy atom.